The number of hydrogen-bond donors (Lipinski definition) is 0. The van der Waals surface area contributed by atoms with Crippen LogP contribution in [0.3, 0.4) is 0 Å². The maximum absolute atomic E-state index is 4.69. The van der Waals surface area contributed by atoms with Crippen molar-refractivity contribution >= 4 is 50.8 Å². The predicted molar refractivity (Wildman–Crippen MR) is 140 cm³/mol. The van der Waals surface area contributed by atoms with Gasteiger partial charge < -0.3 is 0 Å². The molecule has 0 fully saturated rings. The van der Waals surface area contributed by atoms with E-state index in [1.165, 1.54) is 38.6 Å². The topological polar surface area (TPSA) is 25.8 Å². The van der Waals surface area contributed by atoms with Gasteiger partial charge in [-0.05, 0) is 22.3 Å². The average Bonchev–Trinajstić information content (AvgIpc) is 2.84. The Bertz CT molecular complexity index is 1380. The Hall–Kier alpha value is -3.59. The van der Waals surface area contributed by atoms with Gasteiger partial charge in [0.2, 0.25) is 0 Å². The maximum Gasteiger partial charge on any atom is 0.141 e. The Morgan fingerprint density at radius 1 is 0.484 bits per heavy atom. The number of nitrogens with zero attached hydrogens (tertiary/aromatic N) is 2. The third kappa shape index (κ3) is 3.36. The Labute approximate surface area is 185 Å². The first-order chi connectivity index (χ1) is 15.1. The van der Waals surface area contributed by atoms with Crippen LogP contribution >= 0.6 is 0 Å². The highest BCUT2D eigenvalue weighted by Crippen LogP contribution is 2.27. The highest BCUT2D eigenvalue weighted by atomic mass is 14.8. The minimum atomic E-state index is 0.994. The first-order valence-corrected chi connectivity index (χ1v) is 10.6. The molecule has 31 heavy (non-hydrogen) atoms. The molecule has 144 valence electrons. The summed E-state index contributed by atoms with van der Waals surface area (Å²) in [6.07, 6.45) is 1.69. The van der Waals surface area contributed by atoms with Crippen molar-refractivity contribution in [1.29, 1.82) is 0 Å². The van der Waals surface area contributed by atoms with Crippen LogP contribution in [0, 0.1) is 0 Å². The minimum absolute atomic E-state index is 0.994. The van der Waals surface area contributed by atoms with Crippen LogP contribution in [0.4, 0.5) is 0 Å². The second-order valence-electron chi connectivity index (χ2n) is 8.01. The number of aromatic nitrogens is 2. The van der Waals surface area contributed by atoms with E-state index >= 15 is 0 Å². The normalized spacial score (nSPS) is 11.0. The number of fused-ring (bicyclic) bond motifs is 1. The molecule has 0 N–H and O–H groups in total. The van der Waals surface area contributed by atoms with E-state index in [4.69, 9.17) is 0 Å². The van der Waals surface area contributed by atoms with Gasteiger partial charge in [-0.2, -0.15) is 0 Å². The average molecular weight is 394 g/mol. The van der Waals surface area contributed by atoms with Gasteiger partial charge in [-0.15, -0.1) is 0 Å². The molecule has 0 atom stereocenters. The summed E-state index contributed by atoms with van der Waals surface area (Å²) in [6.45, 7) is 0. The molecule has 2 nitrogen and oxygen atoms in total. The zero-order chi connectivity index (χ0) is 21.4. The van der Waals surface area contributed by atoms with Crippen LogP contribution < -0.4 is 16.4 Å². The van der Waals surface area contributed by atoms with Crippen molar-refractivity contribution in [3.05, 3.63) is 91.3 Å². The summed E-state index contributed by atoms with van der Waals surface area (Å²) in [5.41, 5.74) is 11.8. The van der Waals surface area contributed by atoms with Crippen LogP contribution in [0.25, 0.3) is 44.4 Å². The third-order valence-electron chi connectivity index (χ3n) is 6.22. The number of hydrogen-bond acceptors (Lipinski definition) is 2. The van der Waals surface area contributed by atoms with E-state index in [9.17, 15) is 0 Å². The molecule has 5 aromatic rings. The molecule has 1 heterocycles. The second-order valence-corrected chi connectivity index (χ2v) is 8.01. The monoisotopic (exact) mass is 394 g/mol. The van der Waals surface area contributed by atoms with E-state index in [-0.39, 0.29) is 0 Å². The van der Waals surface area contributed by atoms with Crippen LogP contribution in [0.5, 0.6) is 0 Å². The summed E-state index contributed by atoms with van der Waals surface area (Å²) in [4.78, 5) is 9.35. The largest absolute Gasteiger partial charge is 0.237 e. The van der Waals surface area contributed by atoms with Crippen LogP contribution in [0.1, 0.15) is 0 Å². The summed E-state index contributed by atoms with van der Waals surface area (Å²) in [7, 11) is 6.57. The molecule has 5 heteroatoms. The standard InChI is InChI=1S/C26H21B3N2/c27-22-20(18-13-11-17(12-14-18)16-7-3-1-4-8-16)23(28)24(29)26-21(22)25(30-15-31-26)19-9-5-2-6-10-19/h1-15H,27-29H2. The summed E-state index contributed by atoms with van der Waals surface area (Å²) in [5.74, 6) is 0. The van der Waals surface area contributed by atoms with Crippen molar-refractivity contribution in [3.63, 3.8) is 0 Å². The van der Waals surface area contributed by atoms with Gasteiger partial charge in [-0.25, -0.2) is 9.97 Å². The van der Waals surface area contributed by atoms with Gasteiger partial charge in [0.25, 0.3) is 0 Å². The fourth-order valence-electron chi connectivity index (χ4n) is 4.50. The molecule has 4 aromatic carbocycles. The lowest BCUT2D eigenvalue weighted by Crippen LogP contribution is -2.35. The zero-order valence-electron chi connectivity index (χ0n) is 18.1. The van der Waals surface area contributed by atoms with Crippen molar-refractivity contribution < 1.29 is 0 Å². The van der Waals surface area contributed by atoms with Crippen LogP contribution in [0.15, 0.2) is 91.3 Å². The highest BCUT2D eigenvalue weighted by Gasteiger charge is 2.17. The molecule has 0 unspecified atom stereocenters. The summed E-state index contributed by atoms with van der Waals surface area (Å²) >= 11 is 0. The van der Waals surface area contributed by atoms with E-state index in [0.717, 1.165) is 22.2 Å². The molecule has 0 saturated carbocycles. The van der Waals surface area contributed by atoms with E-state index in [1.54, 1.807) is 6.33 Å². The maximum atomic E-state index is 4.69. The minimum Gasteiger partial charge on any atom is -0.237 e. The molecule has 5 rings (SSSR count). The molecule has 0 saturated heterocycles. The van der Waals surface area contributed by atoms with Crippen molar-refractivity contribution in [2.45, 2.75) is 0 Å². The highest BCUT2D eigenvalue weighted by molar-refractivity contribution is 6.59. The summed E-state index contributed by atoms with van der Waals surface area (Å²) in [6, 6.07) is 29.8. The van der Waals surface area contributed by atoms with Gasteiger partial charge in [0.15, 0.2) is 0 Å². The smallest absolute Gasteiger partial charge is 0.141 e. The lowest BCUT2D eigenvalue weighted by molar-refractivity contribution is 1.23. The van der Waals surface area contributed by atoms with Crippen LogP contribution in [-0.2, 0) is 0 Å². The Morgan fingerprint density at radius 2 is 1.03 bits per heavy atom. The molecule has 0 bridgehead atoms. The molecule has 0 aliphatic rings. The predicted octanol–water partition coefficient (Wildman–Crippen LogP) is 1.41. The van der Waals surface area contributed by atoms with E-state index < -0.39 is 0 Å². The van der Waals surface area contributed by atoms with Gasteiger partial charge in [-0.1, -0.05) is 101 Å². The lowest BCUT2D eigenvalue weighted by atomic mass is 9.68. The Kier molecular flexibility index (Phi) is 4.95. The molecular formula is C26H21B3N2. The van der Waals surface area contributed by atoms with E-state index in [1.807, 2.05) is 6.07 Å². The van der Waals surface area contributed by atoms with Gasteiger partial charge >= 0.3 is 0 Å². The zero-order valence-corrected chi connectivity index (χ0v) is 18.1. The lowest BCUT2D eigenvalue weighted by Gasteiger charge is -2.19. The van der Waals surface area contributed by atoms with Gasteiger partial charge in [0, 0.05) is 10.9 Å². The fraction of sp³-hybridized carbons (Fsp3) is 0. The van der Waals surface area contributed by atoms with E-state index in [2.05, 4.69) is 112 Å². The number of rotatable bonds is 3. The van der Waals surface area contributed by atoms with Crippen LogP contribution in [0.2, 0.25) is 0 Å². The molecule has 0 spiro atoms. The van der Waals surface area contributed by atoms with Crippen molar-refractivity contribution in [1.82, 2.24) is 9.97 Å². The molecule has 0 aliphatic heterocycles. The fourth-order valence-corrected chi connectivity index (χ4v) is 4.50. The van der Waals surface area contributed by atoms with Gasteiger partial charge in [0.05, 0.1) is 11.2 Å². The van der Waals surface area contributed by atoms with Crippen LogP contribution in [-0.4, -0.2) is 33.5 Å². The van der Waals surface area contributed by atoms with Gasteiger partial charge in [-0.3, -0.25) is 0 Å². The quantitative estimate of drug-likeness (QED) is 0.433. The van der Waals surface area contributed by atoms with Gasteiger partial charge in [0.1, 0.15) is 29.9 Å². The summed E-state index contributed by atoms with van der Waals surface area (Å²) in [5, 5.41) is 1.14. The van der Waals surface area contributed by atoms with Crippen molar-refractivity contribution in [3.8, 4) is 33.5 Å². The second kappa shape index (κ2) is 7.92. The molecule has 0 aliphatic carbocycles. The third-order valence-corrected chi connectivity index (χ3v) is 6.22. The molecule has 0 radical (unpaired) electrons. The Balaban J connectivity index is 1.73. The molecule has 1 aromatic heterocycles. The first kappa shape index (κ1) is 19.4. The number of benzene rings is 4. The molecular weight excluding hydrogens is 373 g/mol. The van der Waals surface area contributed by atoms with Crippen molar-refractivity contribution in [2.24, 2.45) is 0 Å². The Morgan fingerprint density at radius 3 is 1.68 bits per heavy atom. The SMILES string of the molecule is Bc1c(-c2ccc(-c3ccccc3)cc2)c(B)c2c(-c3ccccc3)ncnc2c1B. The first-order valence-electron chi connectivity index (χ1n) is 10.6. The van der Waals surface area contributed by atoms with Crippen molar-refractivity contribution in [2.75, 3.05) is 0 Å². The molecule has 0 amide bonds. The van der Waals surface area contributed by atoms with E-state index in [0.29, 0.717) is 0 Å². The summed E-state index contributed by atoms with van der Waals surface area (Å²) < 4.78 is 0.